The van der Waals surface area contributed by atoms with Crippen molar-refractivity contribution in [3.05, 3.63) is 89.0 Å². The van der Waals surface area contributed by atoms with Crippen molar-refractivity contribution in [1.29, 1.82) is 0 Å². The molecule has 4 rings (SSSR count). The van der Waals surface area contributed by atoms with E-state index in [2.05, 4.69) is 107 Å². The Morgan fingerprint density at radius 3 is 2.00 bits per heavy atom. The molecule has 0 radical (unpaired) electrons. The van der Waals surface area contributed by atoms with Gasteiger partial charge in [0, 0.05) is 0 Å². The van der Waals surface area contributed by atoms with Crippen LogP contribution in [-0.4, -0.2) is 0 Å². The Labute approximate surface area is 202 Å². The molecule has 0 bridgehead atoms. The third kappa shape index (κ3) is 4.39. The van der Waals surface area contributed by atoms with Gasteiger partial charge in [0.1, 0.15) is 0 Å². The van der Waals surface area contributed by atoms with Crippen LogP contribution in [0.1, 0.15) is 60.9 Å². The Morgan fingerprint density at radius 2 is 1.42 bits per heavy atom. The van der Waals surface area contributed by atoms with Gasteiger partial charge in [-0.3, -0.25) is 0 Å². The van der Waals surface area contributed by atoms with Crippen LogP contribution in [0.4, 0.5) is 0 Å². The zero-order valence-electron chi connectivity index (χ0n) is 18.8. The number of hydrogen-bond donors (Lipinski definition) is 0. The van der Waals surface area contributed by atoms with Gasteiger partial charge < -0.3 is 0 Å². The normalized spacial score (nSPS) is 15.7. The van der Waals surface area contributed by atoms with E-state index in [1.54, 1.807) is 0 Å². The Hall–Kier alpha value is -1.14. The van der Waals surface area contributed by atoms with Gasteiger partial charge in [0.15, 0.2) is 0 Å². The topological polar surface area (TPSA) is 0 Å². The van der Waals surface area contributed by atoms with Crippen molar-refractivity contribution in [2.75, 3.05) is 0 Å². The summed E-state index contributed by atoms with van der Waals surface area (Å²) in [5.41, 5.74) is 10.6. The van der Waals surface area contributed by atoms with Gasteiger partial charge in [-0.25, -0.2) is 0 Å². The first-order chi connectivity index (χ1) is 14.7. The molecule has 0 amide bonds. The van der Waals surface area contributed by atoms with Crippen LogP contribution in [0.15, 0.2) is 72.3 Å². The zero-order valence-corrected chi connectivity index (χ0v) is 22.8. The number of benzene rings is 3. The first-order valence-corrected chi connectivity index (χ1v) is 18.7. The quantitative estimate of drug-likeness (QED) is 0.317. The summed E-state index contributed by atoms with van der Waals surface area (Å²) in [6.45, 7) is 11.4. The summed E-state index contributed by atoms with van der Waals surface area (Å²) in [5.74, 6) is 0.416. The molecule has 0 nitrogen and oxygen atoms in total. The predicted octanol–water partition coefficient (Wildman–Crippen LogP) is 9.55. The maximum absolute atomic E-state index is 6.76. The van der Waals surface area contributed by atoms with Crippen LogP contribution in [0.25, 0.3) is 28.3 Å². The monoisotopic (exact) mass is 525 g/mol. The number of rotatable bonds is 4. The second-order valence-electron chi connectivity index (χ2n) is 9.67. The molecule has 159 valence electrons. The molecule has 0 saturated carbocycles. The summed E-state index contributed by atoms with van der Waals surface area (Å²) >= 11 is -2.59. The van der Waals surface area contributed by atoms with Gasteiger partial charge in [0.25, 0.3) is 0 Å². The molecule has 3 aromatic carbocycles. The molecule has 0 spiro atoms. The minimum absolute atomic E-state index is 0.0352. The van der Waals surface area contributed by atoms with Crippen molar-refractivity contribution >= 4 is 23.1 Å². The van der Waals surface area contributed by atoms with Crippen LogP contribution in [-0.2, 0) is 19.4 Å². The zero-order chi connectivity index (χ0) is 22.3. The van der Waals surface area contributed by atoms with Gasteiger partial charge in [-0.1, -0.05) is 0 Å². The molecule has 0 N–H and O–H groups in total. The van der Waals surface area contributed by atoms with Gasteiger partial charge in [-0.2, -0.15) is 0 Å². The Morgan fingerprint density at radius 1 is 0.806 bits per heavy atom. The standard InChI is InChI=1S/C28H29.2ClH.Zr/c1-19(2)23-16-15-21-17-22(28(3,4)5)18-26(21)27(23)25-14-10-9-13-24(25)20-11-7-6-8-12-20;;;/h6-19H,1-5H3;2*1H;/q;;;+2/p-2. The number of allylic oxidation sites excluding steroid dienone is 1. The molecule has 3 heteroatoms. The fraction of sp³-hybridized carbons (Fsp3) is 0.286. The van der Waals surface area contributed by atoms with Crippen molar-refractivity contribution in [2.45, 2.75) is 44.2 Å². The van der Waals surface area contributed by atoms with E-state index in [1.807, 2.05) is 0 Å². The minimum atomic E-state index is -2.59. The molecule has 0 aliphatic heterocycles. The van der Waals surface area contributed by atoms with E-state index in [9.17, 15) is 0 Å². The van der Waals surface area contributed by atoms with Crippen molar-refractivity contribution in [2.24, 2.45) is 5.41 Å². The molecule has 1 unspecified atom stereocenters. The summed E-state index contributed by atoms with van der Waals surface area (Å²) in [5, 5.41) is 0. The van der Waals surface area contributed by atoms with Crippen LogP contribution in [0, 0.1) is 5.41 Å². The number of hydrogen-bond acceptors (Lipinski definition) is 0. The molecule has 1 aliphatic carbocycles. The number of fused-ring (bicyclic) bond motifs is 1. The molecule has 3 aromatic rings. The molecule has 0 aromatic heterocycles. The van der Waals surface area contributed by atoms with Crippen LogP contribution < -0.4 is 0 Å². The first kappa shape index (κ1) is 23.0. The summed E-state index contributed by atoms with van der Waals surface area (Å²) in [6, 6.07) is 24.1. The Bertz CT molecular complexity index is 1120. The van der Waals surface area contributed by atoms with Crippen molar-refractivity contribution < 1.29 is 19.4 Å². The van der Waals surface area contributed by atoms with Gasteiger partial charge in [-0.05, 0) is 0 Å². The van der Waals surface area contributed by atoms with Gasteiger partial charge in [0.2, 0.25) is 0 Å². The average molecular weight is 528 g/mol. The summed E-state index contributed by atoms with van der Waals surface area (Å²) in [4.78, 5) is 0. The van der Waals surface area contributed by atoms with Crippen molar-refractivity contribution in [3.63, 3.8) is 0 Å². The summed E-state index contributed by atoms with van der Waals surface area (Å²) < 4.78 is 0.213. The van der Waals surface area contributed by atoms with Gasteiger partial charge in [0.05, 0.1) is 0 Å². The van der Waals surface area contributed by atoms with E-state index >= 15 is 0 Å². The Kier molecular flexibility index (Phi) is 6.70. The Balaban J connectivity index is 2.05. The van der Waals surface area contributed by atoms with Gasteiger partial charge in [-0.15, -0.1) is 0 Å². The van der Waals surface area contributed by atoms with Crippen molar-refractivity contribution in [3.8, 4) is 22.3 Å². The average Bonchev–Trinajstić information content (AvgIpc) is 3.14. The third-order valence-corrected chi connectivity index (χ3v) is 11.4. The fourth-order valence-corrected chi connectivity index (χ4v) is 10.5. The molecule has 1 atom stereocenters. The second kappa shape index (κ2) is 9.01. The van der Waals surface area contributed by atoms with Crippen LogP contribution in [0.3, 0.4) is 0 Å². The third-order valence-electron chi connectivity index (χ3n) is 6.22. The van der Waals surface area contributed by atoms with Crippen molar-refractivity contribution in [1.82, 2.24) is 0 Å². The van der Waals surface area contributed by atoms with E-state index in [1.165, 1.54) is 44.5 Å². The summed E-state index contributed by atoms with van der Waals surface area (Å²) in [6.07, 6.45) is 2.41. The van der Waals surface area contributed by atoms with Gasteiger partial charge >= 0.3 is 203 Å². The molecule has 0 saturated heterocycles. The van der Waals surface area contributed by atoms with Crippen LogP contribution >= 0.6 is 17.0 Å². The summed E-state index contributed by atoms with van der Waals surface area (Å²) in [7, 11) is 13.5. The van der Waals surface area contributed by atoms with Crippen LogP contribution in [0.5, 0.6) is 0 Å². The van der Waals surface area contributed by atoms with E-state index in [0.29, 0.717) is 5.92 Å². The molecular formula is C28H29Cl2Zr. The maximum atomic E-state index is 6.76. The molecular weight excluding hydrogens is 498 g/mol. The first-order valence-electron chi connectivity index (χ1n) is 10.9. The molecule has 1 aliphatic rings. The molecule has 0 fully saturated rings. The van der Waals surface area contributed by atoms with E-state index in [4.69, 9.17) is 17.0 Å². The predicted molar refractivity (Wildman–Crippen MR) is 133 cm³/mol. The van der Waals surface area contributed by atoms with E-state index < -0.39 is 19.4 Å². The van der Waals surface area contributed by atoms with Crippen LogP contribution in [0.2, 0.25) is 0 Å². The SMILES string of the molecule is CC(C)c1ccc2c(c1-c1ccccc1-c1ccccc1)C=C(C(C)(C)C)[CH]2[Zr]([Cl])[Cl]. The molecule has 0 heterocycles. The van der Waals surface area contributed by atoms with E-state index in [-0.39, 0.29) is 9.04 Å². The molecule has 31 heavy (non-hydrogen) atoms. The fourth-order valence-electron chi connectivity index (χ4n) is 4.70. The van der Waals surface area contributed by atoms with E-state index in [0.717, 1.165) is 0 Å². The number of halogens is 2. The second-order valence-corrected chi connectivity index (χ2v) is 18.5.